The number of benzene rings is 2. The van der Waals surface area contributed by atoms with E-state index in [1.807, 2.05) is 42.5 Å². The lowest BCUT2D eigenvalue weighted by molar-refractivity contribution is 0.0988. The maximum atomic E-state index is 12.4. The van der Waals surface area contributed by atoms with Gasteiger partial charge >= 0.3 is 0 Å². The molecule has 1 amide bonds. The third-order valence-corrected chi connectivity index (χ3v) is 5.16. The predicted octanol–water partition coefficient (Wildman–Crippen LogP) is 5.24. The number of nitrogens with one attached hydrogen (secondary N) is 1. The van der Waals surface area contributed by atoms with Crippen molar-refractivity contribution in [2.45, 2.75) is 19.8 Å². The molecule has 2 aromatic carbocycles. The van der Waals surface area contributed by atoms with Gasteiger partial charge in [0, 0.05) is 17.2 Å². The smallest absolute Gasteiger partial charge is 0.296 e. The summed E-state index contributed by atoms with van der Waals surface area (Å²) in [6.07, 6.45) is 0. The number of carbonyl (C=O) groups excluding carboxylic acids is 1. The molecule has 0 saturated heterocycles. The first kappa shape index (κ1) is 18.1. The Balaban J connectivity index is 1.46. The van der Waals surface area contributed by atoms with E-state index >= 15 is 0 Å². The van der Waals surface area contributed by atoms with Crippen molar-refractivity contribution in [2.75, 3.05) is 5.32 Å². The highest BCUT2D eigenvalue weighted by Gasteiger charge is 2.16. The highest BCUT2D eigenvalue weighted by molar-refractivity contribution is 7.18. The number of hydrogen-bond acceptors (Lipinski definition) is 6. The Bertz CT molecular complexity index is 1090. The molecule has 28 heavy (non-hydrogen) atoms. The second-order valence-electron chi connectivity index (χ2n) is 6.59. The molecule has 0 radical (unpaired) electrons. The zero-order chi connectivity index (χ0) is 19.5. The lowest BCUT2D eigenvalue weighted by Crippen LogP contribution is -2.10. The van der Waals surface area contributed by atoms with Crippen LogP contribution < -0.4 is 5.32 Å². The molecule has 0 bridgehead atoms. The first-order valence-corrected chi connectivity index (χ1v) is 9.69. The van der Waals surface area contributed by atoms with Crippen molar-refractivity contribution < 1.29 is 9.32 Å². The van der Waals surface area contributed by atoms with Gasteiger partial charge in [-0.25, -0.2) is 0 Å². The summed E-state index contributed by atoms with van der Waals surface area (Å²) in [5, 5.41) is 16.0. The van der Waals surface area contributed by atoms with Crippen molar-refractivity contribution >= 4 is 22.4 Å². The summed E-state index contributed by atoms with van der Waals surface area (Å²) in [5.41, 5.74) is 3.72. The standard InChI is InChI=1S/C21H18N4O2S/c1-13(2)14-8-10-16(11-9-14)20-23-24-21(28-20)22-19(26)18-12-17(25-27-18)15-6-4-3-5-7-15/h3-13H,1-2H3,(H,22,24,26). The molecule has 1 N–H and O–H groups in total. The van der Waals surface area contributed by atoms with Crippen LogP contribution in [0.5, 0.6) is 0 Å². The van der Waals surface area contributed by atoms with Crippen LogP contribution >= 0.6 is 11.3 Å². The van der Waals surface area contributed by atoms with Gasteiger partial charge < -0.3 is 4.52 Å². The molecule has 140 valence electrons. The monoisotopic (exact) mass is 390 g/mol. The number of anilines is 1. The van der Waals surface area contributed by atoms with E-state index in [2.05, 4.69) is 46.7 Å². The summed E-state index contributed by atoms with van der Waals surface area (Å²) in [4.78, 5) is 12.4. The summed E-state index contributed by atoms with van der Waals surface area (Å²) < 4.78 is 5.17. The number of rotatable bonds is 5. The third-order valence-electron chi connectivity index (χ3n) is 4.27. The van der Waals surface area contributed by atoms with Gasteiger partial charge in [-0.15, -0.1) is 10.2 Å². The Kier molecular flexibility index (Phi) is 4.99. The van der Waals surface area contributed by atoms with Gasteiger partial charge in [0.05, 0.1) is 0 Å². The van der Waals surface area contributed by atoms with Crippen LogP contribution in [0.4, 0.5) is 5.13 Å². The van der Waals surface area contributed by atoms with Gasteiger partial charge in [0.25, 0.3) is 5.91 Å². The quantitative estimate of drug-likeness (QED) is 0.504. The highest BCUT2D eigenvalue weighted by Crippen LogP contribution is 2.28. The number of carbonyl (C=O) groups is 1. The van der Waals surface area contributed by atoms with Gasteiger partial charge in [-0.05, 0) is 11.5 Å². The fourth-order valence-electron chi connectivity index (χ4n) is 2.69. The lowest BCUT2D eigenvalue weighted by atomic mass is 10.0. The van der Waals surface area contributed by atoms with Gasteiger partial charge in [-0.2, -0.15) is 0 Å². The summed E-state index contributed by atoms with van der Waals surface area (Å²) in [6.45, 7) is 4.31. The molecule has 4 aromatic rings. The summed E-state index contributed by atoms with van der Waals surface area (Å²) >= 11 is 1.31. The summed E-state index contributed by atoms with van der Waals surface area (Å²) in [5.74, 6) is 0.186. The molecule has 0 atom stereocenters. The Hall–Kier alpha value is -3.32. The van der Waals surface area contributed by atoms with Crippen molar-refractivity contribution in [3.8, 4) is 21.8 Å². The molecule has 2 heterocycles. The minimum atomic E-state index is -0.410. The van der Waals surface area contributed by atoms with Crippen LogP contribution in [-0.2, 0) is 0 Å². The molecule has 4 rings (SSSR count). The van der Waals surface area contributed by atoms with Gasteiger partial charge in [-0.3, -0.25) is 10.1 Å². The van der Waals surface area contributed by atoms with Crippen molar-refractivity contribution in [3.63, 3.8) is 0 Å². The molecular weight excluding hydrogens is 372 g/mol. The van der Waals surface area contributed by atoms with Gasteiger partial charge in [0.1, 0.15) is 10.7 Å². The maximum Gasteiger partial charge on any atom is 0.296 e. The van der Waals surface area contributed by atoms with Crippen LogP contribution in [0.1, 0.15) is 35.9 Å². The van der Waals surface area contributed by atoms with E-state index < -0.39 is 5.91 Å². The predicted molar refractivity (Wildman–Crippen MR) is 109 cm³/mol. The van der Waals surface area contributed by atoms with Crippen molar-refractivity contribution in [1.82, 2.24) is 15.4 Å². The molecule has 2 aromatic heterocycles. The second-order valence-corrected chi connectivity index (χ2v) is 7.56. The molecule has 0 saturated carbocycles. The molecule has 0 aliphatic heterocycles. The Morgan fingerprint density at radius 2 is 1.75 bits per heavy atom. The average molecular weight is 390 g/mol. The topological polar surface area (TPSA) is 80.9 Å². The normalized spacial score (nSPS) is 11.0. The Morgan fingerprint density at radius 3 is 2.46 bits per heavy atom. The van der Waals surface area contributed by atoms with Crippen LogP contribution in [0, 0.1) is 0 Å². The average Bonchev–Trinajstić information content (AvgIpc) is 3.39. The van der Waals surface area contributed by atoms with Crippen molar-refractivity contribution in [1.29, 1.82) is 0 Å². The second kappa shape index (κ2) is 7.74. The molecule has 0 aliphatic rings. The number of nitrogens with zero attached hydrogens (tertiary/aromatic N) is 3. The molecule has 0 spiro atoms. The van der Waals surface area contributed by atoms with E-state index in [-0.39, 0.29) is 5.76 Å². The summed E-state index contributed by atoms with van der Waals surface area (Å²) in [7, 11) is 0. The fraction of sp³-hybridized carbons (Fsp3) is 0.143. The van der Waals surface area contributed by atoms with Gasteiger partial charge in [-0.1, -0.05) is 84.9 Å². The summed E-state index contributed by atoms with van der Waals surface area (Å²) in [6, 6.07) is 19.3. The van der Waals surface area contributed by atoms with E-state index in [0.29, 0.717) is 16.7 Å². The Morgan fingerprint density at radius 1 is 1.00 bits per heavy atom. The molecule has 7 heteroatoms. The Labute approximate surface area is 166 Å². The number of aromatic nitrogens is 3. The first-order valence-electron chi connectivity index (χ1n) is 8.87. The van der Waals surface area contributed by atoms with Crippen molar-refractivity contribution in [3.05, 3.63) is 72.0 Å². The van der Waals surface area contributed by atoms with E-state index in [9.17, 15) is 4.79 Å². The van der Waals surface area contributed by atoms with Crippen LogP contribution in [0.25, 0.3) is 21.8 Å². The van der Waals surface area contributed by atoms with E-state index in [4.69, 9.17) is 4.52 Å². The minimum Gasteiger partial charge on any atom is -0.350 e. The maximum absolute atomic E-state index is 12.4. The zero-order valence-electron chi connectivity index (χ0n) is 15.4. The van der Waals surface area contributed by atoms with Crippen molar-refractivity contribution in [2.24, 2.45) is 0 Å². The molecular formula is C21H18N4O2S. The SMILES string of the molecule is CC(C)c1ccc(-c2nnc(NC(=O)c3cc(-c4ccccc4)no3)s2)cc1. The van der Waals surface area contributed by atoms with E-state index in [0.717, 1.165) is 16.1 Å². The van der Waals surface area contributed by atoms with Gasteiger partial charge in [0.15, 0.2) is 0 Å². The van der Waals surface area contributed by atoms with Crippen LogP contribution in [0.2, 0.25) is 0 Å². The highest BCUT2D eigenvalue weighted by atomic mass is 32.1. The van der Waals surface area contributed by atoms with Crippen LogP contribution in [0.15, 0.2) is 65.2 Å². The number of amides is 1. The largest absolute Gasteiger partial charge is 0.350 e. The lowest BCUT2D eigenvalue weighted by Gasteiger charge is -2.04. The van der Waals surface area contributed by atoms with Crippen LogP contribution in [0.3, 0.4) is 0 Å². The molecule has 0 fully saturated rings. The third kappa shape index (κ3) is 3.84. The van der Waals surface area contributed by atoms with E-state index in [1.54, 1.807) is 6.07 Å². The van der Waals surface area contributed by atoms with Crippen LogP contribution in [-0.4, -0.2) is 21.3 Å². The molecule has 6 nitrogen and oxygen atoms in total. The fourth-order valence-corrected chi connectivity index (χ4v) is 3.43. The minimum absolute atomic E-state index is 0.122. The molecule has 0 aliphatic carbocycles. The number of hydrogen-bond donors (Lipinski definition) is 1. The zero-order valence-corrected chi connectivity index (χ0v) is 16.2. The molecule has 0 unspecified atom stereocenters. The van der Waals surface area contributed by atoms with E-state index in [1.165, 1.54) is 16.9 Å². The van der Waals surface area contributed by atoms with Gasteiger partial charge in [0.2, 0.25) is 10.9 Å². The first-order chi connectivity index (χ1) is 13.6.